The fraction of sp³-hybridized carbons (Fsp3) is 0.353. The van der Waals surface area contributed by atoms with Crippen molar-refractivity contribution < 1.29 is 4.79 Å². The summed E-state index contributed by atoms with van der Waals surface area (Å²) < 4.78 is 0. The summed E-state index contributed by atoms with van der Waals surface area (Å²) in [4.78, 5) is 22.8. The molecule has 0 unspecified atom stereocenters. The monoisotopic (exact) mass is 375 g/mol. The van der Waals surface area contributed by atoms with Crippen LogP contribution in [-0.2, 0) is 19.3 Å². The molecule has 0 aliphatic heterocycles. The number of carbonyl (C=O) groups is 1. The van der Waals surface area contributed by atoms with Gasteiger partial charge in [0.2, 0.25) is 0 Å². The maximum Gasteiger partial charge on any atom is 0.270 e. The summed E-state index contributed by atoms with van der Waals surface area (Å²) in [5.41, 5.74) is 2.87. The van der Waals surface area contributed by atoms with Crippen molar-refractivity contribution in [3.63, 3.8) is 0 Å². The van der Waals surface area contributed by atoms with Crippen LogP contribution < -0.4 is 5.32 Å². The molecule has 4 nitrogen and oxygen atoms in total. The smallest absolute Gasteiger partial charge is 0.270 e. The van der Waals surface area contributed by atoms with Crippen LogP contribution >= 0.6 is 34.0 Å². The van der Waals surface area contributed by atoms with Gasteiger partial charge in [0.1, 0.15) is 10.7 Å². The molecule has 0 spiro atoms. The second kappa shape index (κ2) is 7.13. The van der Waals surface area contributed by atoms with Gasteiger partial charge in [-0.3, -0.25) is 4.79 Å². The minimum absolute atomic E-state index is 0.103. The van der Waals surface area contributed by atoms with E-state index < -0.39 is 0 Å². The summed E-state index contributed by atoms with van der Waals surface area (Å²) in [6.07, 6.45) is 5.61. The number of carbonyl (C=O) groups excluding carboxylic acids is 1. The standard InChI is InChI=1S/C17H17N3OS3/c21-16(13-10-23-17(20-13)11-6-8-22-9-11)18-7-5-15-19-12-3-1-2-4-14(12)24-15/h6,8-10H,1-5,7H2,(H,18,21). The van der Waals surface area contributed by atoms with Gasteiger partial charge in [-0.25, -0.2) is 9.97 Å². The summed E-state index contributed by atoms with van der Waals surface area (Å²) >= 11 is 4.95. The first kappa shape index (κ1) is 15.9. The molecule has 0 fully saturated rings. The molecular formula is C17H17N3OS3. The van der Waals surface area contributed by atoms with Gasteiger partial charge in [-0.2, -0.15) is 11.3 Å². The summed E-state index contributed by atoms with van der Waals surface area (Å²) in [5.74, 6) is -0.103. The molecule has 1 aliphatic carbocycles. The molecule has 3 heterocycles. The summed E-state index contributed by atoms with van der Waals surface area (Å²) in [6, 6.07) is 2.02. The number of nitrogens with zero attached hydrogens (tertiary/aromatic N) is 2. The zero-order chi connectivity index (χ0) is 16.4. The predicted molar refractivity (Wildman–Crippen MR) is 100 cm³/mol. The lowest BCUT2D eigenvalue weighted by Crippen LogP contribution is -2.25. The molecule has 124 valence electrons. The summed E-state index contributed by atoms with van der Waals surface area (Å²) in [5, 5.41) is 10.9. The number of rotatable bonds is 5. The highest BCUT2D eigenvalue weighted by Gasteiger charge is 2.16. The summed E-state index contributed by atoms with van der Waals surface area (Å²) in [7, 11) is 0. The number of aromatic nitrogens is 2. The zero-order valence-corrected chi connectivity index (χ0v) is 15.5. The Labute approximate surface area is 152 Å². The third kappa shape index (κ3) is 3.43. The highest BCUT2D eigenvalue weighted by Crippen LogP contribution is 2.27. The Balaban J connectivity index is 1.33. The van der Waals surface area contributed by atoms with E-state index in [0.717, 1.165) is 28.4 Å². The van der Waals surface area contributed by atoms with Crippen molar-refractivity contribution in [3.05, 3.63) is 43.5 Å². The number of hydrogen-bond donors (Lipinski definition) is 1. The average molecular weight is 376 g/mol. The highest BCUT2D eigenvalue weighted by atomic mass is 32.1. The molecule has 1 N–H and O–H groups in total. The van der Waals surface area contributed by atoms with Crippen molar-refractivity contribution in [1.29, 1.82) is 0 Å². The molecule has 0 saturated carbocycles. The van der Waals surface area contributed by atoms with Gasteiger partial charge < -0.3 is 5.32 Å². The first-order chi connectivity index (χ1) is 11.8. The normalized spacial score (nSPS) is 13.7. The molecule has 1 aliphatic rings. The number of aryl methyl sites for hydroxylation is 2. The molecule has 0 bridgehead atoms. The Hall–Kier alpha value is -1.57. The van der Waals surface area contributed by atoms with E-state index in [0.29, 0.717) is 12.2 Å². The Morgan fingerprint density at radius 3 is 2.96 bits per heavy atom. The molecule has 4 rings (SSSR count). The Morgan fingerprint density at radius 1 is 1.21 bits per heavy atom. The van der Waals surface area contributed by atoms with Crippen molar-refractivity contribution in [1.82, 2.24) is 15.3 Å². The van der Waals surface area contributed by atoms with E-state index >= 15 is 0 Å². The van der Waals surface area contributed by atoms with Gasteiger partial charge >= 0.3 is 0 Å². The fourth-order valence-corrected chi connectivity index (χ4v) is 5.45. The molecule has 1 amide bonds. The molecule has 0 radical (unpaired) electrons. The number of fused-ring (bicyclic) bond motifs is 1. The predicted octanol–water partition coefficient (Wildman–Crippen LogP) is 4.18. The number of thiazole rings is 2. The van der Waals surface area contributed by atoms with E-state index in [1.165, 1.54) is 41.2 Å². The van der Waals surface area contributed by atoms with Gasteiger partial charge in [0.05, 0.1) is 10.7 Å². The number of thiophene rings is 1. The molecule has 3 aromatic rings. The van der Waals surface area contributed by atoms with Crippen LogP contribution in [0.2, 0.25) is 0 Å². The van der Waals surface area contributed by atoms with E-state index in [1.54, 1.807) is 11.3 Å². The largest absolute Gasteiger partial charge is 0.350 e. The van der Waals surface area contributed by atoms with Crippen LogP contribution in [0.4, 0.5) is 0 Å². The topological polar surface area (TPSA) is 54.9 Å². The Morgan fingerprint density at radius 2 is 2.12 bits per heavy atom. The third-order valence-corrected chi connectivity index (χ3v) is 6.81. The van der Waals surface area contributed by atoms with Crippen molar-refractivity contribution in [2.75, 3.05) is 6.54 Å². The highest BCUT2D eigenvalue weighted by molar-refractivity contribution is 7.14. The first-order valence-electron chi connectivity index (χ1n) is 8.03. The minimum Gasteiger partial charge on any atom is -0.350 e. The average Bonchev–Trinajstić information content (AvgIpc) is 3.33. The van der Waals surface area contributed by atoms with Crippen LogP contribution in [0.15, 0.2) is 22.2 Å². The van der Waals surface area contributed by atoms with Crippen LogP contribution in [0.5, 0.6) is 0 Å². The maximum atomic E-state index is 12.2. The summed E-state index contributed by atoms with van der Waals surface area (Å²) in [6.45, 7) is 0.608. The van der Waals surface area contributed by atoms with Crippen LogP contribution in [0, 0.1) is 0 Å². The van der Waals surface area contributed by atoms with Crippen LogP contribution in [0.1, 0.15) is 38.9 Å². The number of hydrogen-bond acceptors (Lipinski definition) is 6. The van der Waals surface area contributed by atoms with E-state index in [9.17, 15) is 4.79 Å². The quantitative estimate of drug-likeness (QED) is 0.728. The zero-order valence-electron chi connectivity index (χ0n) is 13.1. The van der Waals surface area contributed by atoms with Crippen LogP contribution in [0.3, 0.4) is 0 Å². The molecule has 3 aromatic heterocycles. The number of nitrogens with one attached hydrogen (secondary N) is 1. The van der Waals surface area contributed by atoms with Crippen molar-refractivity contribution >= 4 is 39.9 Å². The first-order valence-corrected chi connectivity index (χ1v) is 10.7. The molecule has 7 heteroatoms. The van der Waals surface area contributed by atoms with Gasteiger partial charge in [-0.15, -0.1) is 22.7 Å². The lowest BCUT2D eigenvalue weighted by molar-refractivity contribution is 0.0950. The molecule has 0 saturated heterocycles. The van der Waals surface area contributed by atoms with E-state index in [2.05, 4.69) is 10.3 Å². The van der Waals surface area contributed by atoms with E-state index in [4.69, 9.17) is 4.98 Å². The van der Waals surface area contributed by atoms with Gasteiger partial charge in [0, 0.05) is 34.2 Å². The second-order valence-corrected chi connectivity index (χ2v) is 8.55. The molecule has 0 aromatic carbocycles. The maximum absolute atomic E-state index is 12.2. The lowest BCUT2D eigenvalue weighted by atomic mass is 10.0. The van der Waals surface area contributed by atoms with Crippen LogP contribution in [-0.4, -0.2) is 22.4 Å². The van der Waals surface area contributed by atoms with Gasteiger partial charge in [-0.1, -0.05) is 0 Å². The van der Waals surface area contributed by atoms with Crippen molar-refractivity contribution in [3.8, 4) is 10.6 Å². The van der Waals surface area contributed by atoms with Gasteiger partial charge in [0.25, 0.3) is 5.91 Å². The second-order valence-electron chi connectivity index (χ2n) is 5.74. The van der Waals surface area contributed by atoms with Crippen molar-refractivity contribution in [2.24, 2.45) is 0 Å². The molecule has 24 heavy (non-hydrogen) atoms. The minimum atomic E-state index is -0.103. The van der Waals surface area contributed by atoms with E-state index in [1.807, 2.05) is 33.5 Å². The third-order valence-electron chi connectivity index (χ3n) is 4.02. The van der Waals surface area contributed by atoms with Crippen molar-refractivity contribution in [2.45, 2.75) is 32.1 Å². The van der Waals surface area contributed by atoms with Gasteiger partial charge in [0.15, 0.2) is 0 Å². The Kier molecular flexibility index (Phi) is 4.73. The fourth-order valence-electron chi connectivity index (χ4n) is 2.78. The SMILES string of the molecule is O=C(NCCc1nc2c(s1)CCCC2)c1csc(-c2ccsc2)n1. The van der Waals surface area contributed by atoms with E-state index in [-0.39, 0.29) is 5.91 Å². The Bertz CT molecular complexity index is 812. The molecular weight excluding hydrogens is 358 g/mol. The lowest BCUT2D eigenvalue weighted by Gasteiger charge is -2.06. The van der Waals surface area contributed by atoms with Gasteiger partial charge in [-0.05, 0) is 37.1 Å². The number of amides is 1. The molecule has 0 atom stereocenters. The van der Waals surface area contributed by atoms with Crippen LogP contribution in [0.25, 0.3) is 10.6 Å².